The molecule has 4 nitrogen and oxygen atoms in total. The SMILES string of the molecule is CCSCC(C)NS(=O)(=O)c1cccc(C(O)CC)c1. The molecule has 0 saturated heterocycles. The summed E-state index contributed by atoms with van der Waals surface area (Å²) < 4.78 is 27.2. The van der Waals surface area contributed by atoms with Crippen molar-refractivity contribution in [1.29, 1.82) is 0 Å². The predicted octanol–water partition coefficient (Wildman–Crippen LogP) is 2.55. The molecule has 6 heteroatoms. The predicted molar refractivity (Wildman–Crippen MR) is 84.5 cm³/mol. The topological polar surface area (TPSA) is 66.4 Å². The van der Waals surface area contributed by atoms with Gasteiger partial charge in [0.15, 0.2) is 0 Å². The molecule has 0 aliphatic carbocycles. The molecule has 0 amide bonds. The summed E-state index contributed by atoms with van der Waals surface area (Å²) in [6.45, 7) is 5.75. The second kappa shape index (κ2) is 8.02. The molecule has 2 atom stereocenters. The zero-order valence-electron chi connectivity index (χ0n) is 12.2. The van der Waals surface area contributed by atoms with E-state index >= 15 is 0 Å². The molecule has 0 aromatic heterocycles. The second-order valence-electron chi connectivity index (χ2n) is 4.68. The lowest BCUT2D eigenvalue weighted by atomic mass is 10.1. The quantitative estimate of drug-likeness (QED) is 0.773. The van der Waals surface area contributed by atoms with E-state index in [0.717, 1.165) is 11.5 Å². The summed E-state index contributed by atoms with van der Waals surface area (Å²) >= 11 is 1.70. The minimum atomic E-state index is -3.53. The van der Waals surface area contributed by atoms with Crippen molar-refractivity contribution < 1.29 is 13.5 Å². The number of nitrogens with one attached hydrogen (secondary N) is 1. The first-order chi connectivity index (χ1) is 9.40. The third-order valence-corrected chi connectivity index (χ3v) is 5.60. The van der Waals surface area contributed by atoms with Gasteiger partial charge >= 0.3 is 0 Å². The van der Waals surface area contributed by atoms with E-state index in [9.17, 15) is 13.5 Å². The molecule has 0 bridgehead atoms. The highest BCUT2D eigenvalue weighted by molar-refractivity contribution is 7.99. The van der Waals surface area contributed by atoms with Gasteiger partial charge in [-0.05, 0) is 36.8 Å². The van der Waals surface area contributed by atoms with Crippen LogP contribution in [0.4, 0.5) is 0 Å². The third kappa shape index (κ3) is 5.09. The van der Waals surface area contributed by atoms with Crippen molar-refractivity contribution in [2.75, 3.05) is 11.5 Å². The monoisotopic (exact) mass is 317 g/mol. The van der Waals surface area contributed by atoms with Crippen LogP contribution in [0, 0.1) is 0 Å². The highest BCUT2D eigenvalue weighted by Crippen LogP contribution is 2.20. The van der Waals surface area contributed by atoms with Crippen molar-refractivity contribution in [3.63, 3.8) is 0 Å². The molecule has 1 rings (SSSR count). The van der Waals surface area contributed by atoms with E-state index in [4.69, 9.17) is 0 Å². The molecule has 0 fully saturated rings. The normalized spacial score (nSPS) is 15.0. The first-order valence-corrected chi connectivity index (χ1v) is 9.42. The van der Waals surface area contributed by atoms with E-state index in [2.05, 4.69) is 4.72 Å². The summed E-state index contributed by atoms with van der Waals surface area (Å²) in [4.78, 5) is 0.204. The molecular formula is C14H23NO3S2. The Morgan fingerprint density at radius 2 is 2.05 bits per heavy atom. The van der Waals surface area contributed by atoms with Crippen molar-refractivity contribution in [3.05, 3.63) is 29.8 Å². The van der Waals surface area contributed by atoms with Crippen LogP contribution in [0.15, 0.2) is 29.2 Å². The van der Waals surface area contributed by atoms with Gasteiger partial charge in [0.05, 0.1) is 11.0 Å². The molecule has 2 N–H and O–H groups in total. The Balaban J connectivity index is 2.87. The number of aliphatic hydroxyl groups excluding tert-OH is 1. The number of hydrogen-bond acceptors (Lipinski definition) is 4. The Bertz CT molecular complexity index is 517. The van der Waals surface area contributed by atoms with Crippen molar-refractivity contribution in [2.45, 2.75) is 44.2 Å². The molecular weight excluding hydrogens is 294 g/mol. The zero-order chi connectivity index (χ0) is 15.2. The van der Waals surface area contributed by atoms with Crippen LogP contribution in [0.3, 0.4) is 0 Å². The van der Waals surface area contributed by atoms with Gasteiger partial charge in [0.1, 0.15) is 0 Å². The van der Waals surface area contributed by atoms with Gasteiger partial charge in [-0.3, -0.25) is 0 Å². The average molecular weight is 317 g/mol. The van der Waals surface area contributed by atoms with Crippen molar-refractivity contribution in [1.82, 2.24) is 4.72 Å². The number of aliphatic hydroxyl groups is 1. The summed E-state index contributed by atoms with van der Waals surface area (Å²) in [7, 11) is -3.53. The first-order valence-electron chi connectivity index (χ1n) is 6.78. The summed E-state index contributed by atoms with van der Waals surface area (Å²) in [6, 6.07) is 6.37. The van der Waals surface area contributed by atoms with E-state index in [1.54, 1.807) is 30.0 Å². The van der Waals surface area contributed by atoms with E-state index in [1.807, 2.05) is 20.8 Å². The lowest BCUT2D eigenvalue weighted by molar-refractivity contribution is 0.173. The van der Waals surface area contributed by atoms with Crippen LogP contribution in [0.25, 0.3) is 0 Å². The molecule has 2 unspecified atom stereocenters. The van der Waals surface area contributed by atoms with E-state index < -0.39 is 16.1 Å². The maximum Gasteiger partial charge on any atom is 0.240 e. The fourth-order valence-corrected chi connectivity index (χ4v) is 3.86. The average Bonchev–Trinajstić information content (AvgIpc) is 2.44. The number of rotatable bonds is 8. The van der Waals surface area contributed by atoms with Gasteiger partial charge in [0, 0.05) is 11.8 Å². The zero-order valence-corrected chi connectivity index (χ0v) is 13.8. The van der Waals surface area contributed by atoms with Crippen molar-refractivity contribution >= 4 is 21.8 Å². The molecule has 0 radical (unpaired) electrons. The third-order valence-electron chi connectivity index (χ3n) is 2.87. The Labute approximate surface area is 126 Å². The Hall–Kier alpha value is -0.560. The van der Waals surface area contributed by atoms with Crippen LogP contribution in [-0.2, 0) is 10.0 Å². The van der Waals surface area contributed by atoms with Crippen LogP contribution in [0.2, 0.25) is 0 Å². The maximum absolute atomic E-state index is 12.3. The number of thioether (sulfide) groups is 1. The summed E-state index contributed by atoms with van der Waals surface area (Å²) in [5.41, 5.74) is 0.631. The summed E-state index contributed by atoms with van der Waals surface area (Å²) in [5.74, 6) is 1.71. The smallest absolute Gasteiger partial charge is 0.240 e. The molecule has 1 aromatic carbocycles. The minimum Gasteiger partial charge on any atom is -0.388 e. The van der Waals surface area contributed by atoms with Gasteiger partial charge in [-0.25, -0.2) is 13.1 Å². The number of hydrogen-bond donors (Lipinski definition) is 2. The Kier molecular flexibility index (Phi) is 7.02. The van der Waals surface area contributed by atoms with Gasteiger partial charge in [0.25, 0.3) is 0 Å². The van der Waals surface area contributed by atoms with Gasteiger partial charge < -0.3 is 5.11 Å². The van der Waals surface area contributed by atoms with E-state index in [1.165, 1.54) is 6.07 Å². The van der Waals surface area contributed by atoms with Gasteiger partial charge in [-0.2, -0.15) is 11.8 Å². The van der Waals surface area contributed by atoms with Crippen LogP contribution in [-0.4, -0.2) is 31.1 Å². The molecule has 0 spiro atoms. The lowest BCUT2D eigenvalue weighted by Crippen LogP contribution is -2.34. The lowest BCUT2D eigenvalue weighted by Gasteiger charge is -2.15. The first kappa shape index (κ1) is 17.5. The van der Waals surface area contributed by atoms with Crippen molar-refractivity contribution in [3.8, 4) is 0 Å². The maximum atomic E-state index is 12.3. The molecule has 1 aromatic rings. The molecule has 20 heavy (non-hydrogen) atoms. The van der Waals surface area contributed by atoms with E-state index in [-0.39, 0.29) is 10.9 Å². The van der Waals surface area contributed by atoms with Gasteiger partial charge in [-0.15, -0.1) is 0 Å². The van der Waals surface area contributed by atoms with Gasteiger partial charge in [0.2, 0.25) is 10.0 Å². The largest absolute Gasteiger partial charge is 0.388 e. The fraction of sp³-hybridized carbons (Fsp3) is 0.571. The standard InChI is InChI=1S/C14H23NO3S2/c1-4-14(16)12-7-6-8-13(9-12)20(17,18)15-11(3)10-19-5-2/h6-9,11,14-16H,4-5,10H2,1-3H3. The van der Waals surface area contributed by atoms with Crippen LogP contribution in [0.5, 0.6) is 0 Å². The molecule has 0 saturated carbocycles. The summed E-state index contributed by atoms with van der Waals surface area (Å²) in [6.07, 6.45) is -0.0706. The molecule has 0 heterocycles. The van der Waals surface area contributed by atoms with Crippen molar-refractivity contribution in [2.24, 2.45) is 0 Å². The number of sulfonamides is 1. The van der Waals surface area contributed by atoms with Crippen LogP contribution in [0.1, 0.15) is 38.9 Å². The highest BCUT2D eigenvalue weighted by atomic mass is 32.2. The van der Waals surface area contributed by atoms with Crippen LogP contribution < -0.4 is 4.72 Å². The second-order valence-corrected chi connectivity index (χ2v) is 7.71. The highest BCUT2D eigenvalue weighted by Gasteiger charge is 2.18. The molecule has 0 aliphatic rings. The van der Waals surface area contributed by atoms with E-state index in [0.29, 0.717) is 12.0 Å². The van der Waals surface area contributed by atoms with Gasteiger partial charge in [-0.1, -0.05) is 26.0 Å². The van der Waals surface area contributed by atoms with Crippen LogP contribution >= 0.6 is 11.8 Å². The number of benzene rings is 1. The Morgan fingerprint density at radius 3 is 2.65 bits per heavy atom. The minimum absolute atomic E-state index is 0.121. The summed E-state index contributed by atoms with van der Waals surface area (Å²) in [5, 5.41) is 9.80. The molecule has 0 aliphatic heterocycles. The fourth-order valence-electron chi connectivity index (χ4n) is 1.79. The Morgan fingerprint density at radius 1 is 1.35 bits per heavy atom. The molecule has 114 valence electrons.